The van der Waals surface area contributed by atoms with Crippen LogP contribution in [0.15, 0.2) is 23.1 Å². The van der Waals surface area contributed by atoms with E-state index < -0.39 is 16.0 Å². The number of amides is 1. The molecule has 0 aliphatic heterocycles. The fourth-order valence-electron chi connectivity index (χ4n) is 1.80. The van der Waals surface area contributed by atoms with Crippen molar-refractivity contribution in [2.75, 3.05) is 20.7 Å². The molecule has 0 aromatic heterocycles. The van der Waals surface area contributed by atoms with E-state index in [1.54, 1.807) is 6.07 Å². The van der Waals surface area contributed by atoms with Crippen molar-refractivity contribution in [1.82, 2.24) is 9.62 Å². The van der Waals surface area contributed by atoms with Crippen molar-refractivity contribution in [3.63, 3.8) is 0 Å². The molecular weight excluding hydrogens is 324 g/mol. The largest absolute Gasteiger partial charge is 0.495 e. The lowest BCUT2D eigenvalue weighted by Gasteiger charge is -2.19. The SMILES string of the molecule is COc1ccc(CNC(C)=O)cc1S(=O)(=O)N(C)CCC(=O)O. The Morgan fingerprint density at radius 2 is 2.00 bits per heavy atom. The molecule has 0 unspecified atom stereocenters. The molecule has 1 aromatic carbocycles. The molecule has 0 aliphatic carbocycles. The summed E-state index contributed by atoms with van der Waals surface area (Å²) in [5.74, 6) is -1.17. The van der Waals surface area contributed by atoms with Gasteiger partial charge in [-0.2, -0.15) is 0 Å². The zero-order chi connectivity index (χ0) is 17.6. The van der Waals surface area contributed by atoms with Gasteiger partial charge in [0.1, 0.15) is 10.6 Å². The normalized spacial score (nSPS) is 11.3. The first-order valence-corrected chi connectivity index (χ1v) is 8.22. The molecule has 0 aliphatic rings. The van der Waals surface area contributed by atoms with Gasteiger partial charge in [0, 0.05) is 27.1 Å². The zero-order valence-electron chi connectivity index (χ0n) is 13.2. The fraction of sp³-hybridized carbons (Fsp3) is 0.429. The van der Waals surface area contributed by atoms with Crippen molar-refractivity contribution in [3.8, 4) is 5.75 Å². The van der Waals surface area contributed by atoms with Gasteiger partial charge < -0.3 is 15.2 Å². The Hall–Kier alpha value is -2.13. The van der Waals surface area contributed by atoms with E-state index in [1.165, 1.54) is 33.2 Å². The Morgan fingerprint density at radius 3 is 2.52 bits per heavy atom. The van der Waals surface area contributed by atoms with Gasteiger partial charge >= 0.3 is 5.97 Å². The second-order valence-corrected chi connectivity index (χ2v) is 6.88. The molecule has 0 spiro atoms. The van der Waals surface area contributed by atoms with Crippen molar-refractivity contribution >= 4 is 21.9 Å². The van der Waals surface area contributed by atoms with E-state index in [4.69, 9.17) is 9.84 Å². The Labute approximate surface area is 135 Å². The van der Waals surface area contributed by atoms with Crippen molar-refractivity contribution in [2.24, 2.45) is 0 Å². The molecule has 2 N–H and O–H groups in total. The van der Waals surface area contributed by atoms with E-state index in [0.29, 0.717) is 5.56 Å². The number of nitrogens with zero attached hydrogens (tertiary/aromatic N) is 1. The lowest BCUT2D eigenvalue weighted by molar-refractivity contribution is -0.137. The first-order chi connectivity index (χ1) is 10.7. The third-order valence-electron chi connectivity index (χ3n) is 3.10. The summed E-state index contributed by atoms with van der Waals surface area (Å²) in [4.78, 5) is 21.5. The average Bonchev–Trinajstić information content (AvgIpc) is 2.49. The number of carbonyl (C=O) groups is 2. The summed E-state index contributed by atoms with van der Waals surface area (Å²) >= 11 is 0. The number of carbonyl (C=O) groups excluding carboxylic acids is 1. The molecule has 0 heterocycles. The molecule has 0 radical (unpaired) electrons. The second-order valence-electron chi connectivity index (χ2n) is 4.87. The molecule has 0 atom stereocenters. The Morgan fingerprint density at radius 1 is 1.35 bits per heavy atom. The van der Waals surface area contributed by atoms with Gasteiger partial charge in [0.2, 0.25) is 15.9 Å². The second kappa shape index (κ2) is 7.93. The Kier molecular flexibility index (Phi) is 6.52. The van der Waals surface area contributed by atoms with Crippen LogP contribution < -0.4 is 10.1 Å². The quantitative estimate of drug-likeness (QED) is 0.707. The zero-order valence-corrected chi connectivity index (χ0v) is 14.0. The maximum absolute atomic E-state index is 12.6. The highest BCUT2D eigenvalue weighted by Gasteiger charge is 2.25. The third kappa shape index (κ3) is 5.22. The number of ether oxygens (including phenoxy) is 1. The van der Waals surface area contributed by atoms with Crippen LogP contribution in [-0.4, -0.2) is 50.4 Å². The Bertz CT molecular complexity index is 687. The molecule has 1 amide bonds. The van der Waals surface area contributed by atoms with Crippen LogP contribution in [0.2, 0.25) is 0 Å². The standard InChI is InChI=1S/C14H20N2O6S/c1-10(17)15-9-11-4-5-12(22-3)13(8-11)23(20,21)16(2)7-6-14(18)19/h4-5,8H,6-7,9H2,1-3H3,(H,15,17)(H,18,19). The lowest BCUT2D eigenvalue weighted by Crippen LogP contribution is -2.29. The van der Waals surface area contributed by atoms with Gasteiger partial charge in [-0.25, -0.2) is 12.7 Å². The number of benzene rings is 1. The van der Waals surface area contributed by atoms with Gasteiger partial charge in [0.25, 0.3) is 0 Å². The number of carboxylic acid groups (broad SMARTS) is 1. The van der Waals surface area contributed by atoms with Crippen LogP contribution in [0.1, 0.15) is 18.9 Å². The highest BCUT2D eigenvalue weighted by molar-refractivity contribution is 7.89. The minimum absolute atomic E-state index is 0.0734. The van der Waals surface area contributed by atoms with Crippen LogP contribution in [0.3, 0.4) is 0 Å². The number of methoxy groups -OCH3 is 1. The lowest BCUT2D eigenvalue weighted by atomic mass is 10.2. The van der Waals surface area contributed by atoms with Gasteiger partial charge in [-0.1, -0.05) is 6.07 Å². The molecule has 0 saturated heterocycles. The number of aliphatic carboxylic acids is 1. The molecule has 0 bridgehead atoms. The minimum atomic E-state index is -3.91. The smallest absolute Gasteiger partial charge is 0.304 e. The summed E-state index contributed by atoms with van der Waals surface area (Å²) in [6, 6.07) is 4.54. The topological polar surface area (TPSA) is 113 Å². The molecule has 0 saturated carbocycles. The maximum atomic E-state index is 12.6. The van der Waals surface area contributed by atoms with Crippen molar-refractivity contribution in [1.29, 1.82) is 0 Å². The van der Waals surface area contributed by atoms with E-state index in [-0.39, 0.29) is 36.1 Å². The molecule has 8 nitrogen and oxygen atoms in total. The first-order valence-electron chi connectivity index (χ1n) is 6.78. The fourth-order valence-corrected chi connectivity index (χ4v) is 3.17. The molecule has 0 fully saturated rings. The van der Waals surface area contributed by atoms with Gasteiger partial charge in [-0.05, 0) is 17.7 Å². The van der Waals surface area contributed by atoms with E-state index in [9.17, 15) is 18.0 Å². The van der Waals surface area contributed by atoms with Crippen LogP contribution in [-0.2, 0) is 26.2 Å². The highest BCUT2D eigenvalue weighted by Crippen LogP contribution is 2.27. The molecule has 128 valence electrons. The number of nitrogens with one attached hydrogen (secondary N) is 1. The highest BCUT2D eigenvalue weighted by atomic mass is 32.2. The Balaban J connectivity index is 3.13. The molecule has 1 aromatic rings. The summed E-state index contributed by atoms with van der Waals surface area (Å²) < 4.78 is 31.2. The van der Waals surface area contributed by atoms with Gasteiger partial charge in [0.15, 0.2) is 0 Å². The molecule has 9 heteroatoms. The predicted molar refractivity (Wildman–Crippen MR) is 82.6 cm³/mol. The average molecular weight is 344 g/mol. The van der Waals surface area contributed by atoms with E-state index >= 15 is 0 Å². The maximum Gasteiger partial charge on any atom is 0.304 e. The minimum Gasteiger partial charge on any atom is -0.495 e. The number of hydrogen-bond acceptors (Lipinski definition) is 5. The van der Waals surface area contributed by atoms with Gasteiger partial charge in [-0.3, -0.25) is 9.59 Å². The predicted octanol–water partition coefficient (Wildman–Crippen LogP) is 0.427. The molecule has 1 rings (SSSR count). The van der Waals surface area contributed by atoms with Crippen LogP contribution >= 0.6 is 0 Å². The summed E-state index contributed by atoms with van der Waals surface area (Å²) in [5, 5.41) is 11.3. The molecule has 23 heavy (non-hydrogen) atoms. The van der Waals surface area contributed by atoms with Crippen LogP contribution in [0.4, 0.5) is 0 Å². The first kappa shape index (κ1) is 18.9. The number of rotatable bonds is 8. The van der Waals surface area contributed by atoms with Crippen molar-refractivity contribution in [2.45, 2.75) is 24.8 Å². The van der Waals surface area contributed by atoms with Crippen LogP contribution in [0.5, 0.6) is 5.75 Å². The van der Waals surface area contributed by atoms with E-state index in [2.05, 4.69) is 5.32 Å². The summed E-state index contributed by atoms with van der Waals surface area (Å²) in [6.07, 6.45) is -0.302. The summed E-state index contributed by atoms with van der Waals surface area (Å²) in [5.41, 5.74) is 0.589. The third-order valence-corrected chi connectivity index (χ3v) is 4.98. The van der Waals surface area contributed by atoms with Crippen molar-refractivity contribution in [3.05, 3.63) is 23.8 Å². The number of sulfonamides is 1. The van der Waals surface area contributed by atoms with Crippen LogP contribution in [0.25, 0.3) is 0 Å². The van der Waals surface area contributed by atoms with Crippen LogP contribution in [0, 0.1) is 0 Å². The molecular formula is C14H20N2O6S. The van der Waals surface area contributed by atoms with E-state index in [0.717, 1.165) is 4.31 Å². The van der Waals surface area contributed by atoms with Crippen molar-refractivity contribution < 1.29 is 27.9 Å². The number of hydrogen-bond donors (Lipinski definition) is 2. The van der Waals surface area contributed by atoms with Gasteiger partial charge in [0.05, 0.1) is 13.5 Å². The summed E-state index contributed by atoms with van der Waals surface area (Å²) in [6.45, 7) is 1.39. The van der Waals surface area contributed by atoms with E-state index in [1.807, 2.05) is 0 Å². The monoisotopic (exact) mass is 344 g/mol. The van der Waals surface area contributed by atoms with Gasteiger partial charge in [-0.15, -0.1) is 0 Å². The summed E-state index contributed by atoms with van der Waals surface area (Å²) in [7, 11) is -1.26. The number of carboxylic acids is 1.